The Morgan fingerprint density at radius 3 is 3.12 bits per heavy atom. The predicted molar refractivity (Wildman–Crippen MR) is 58.9 cm³/mol. The predicted octanol–water partition coefficient (Wildman–Crippen LogP) is 2.21. The van der Waals surface area contributed by atoms with E-state index in [1.165, 1.54) is 12.1 Å². The maximum absolute atomic E-state index is 12.0. The Labute approximate surface area is 92.0 Å². The SMILES string of the molecule is [O-][N+]1=C2C=CCC=C2Oc2cc(O)ccc21. The second-order valence-electron chi connectivity index (χ2n) is 3.64. The van der Waals surface area contributed by atoms with Gasteiger partial charge in [-0.2, -0.15) is 4.74 Å². The zero-order chi connectivity index (χ0) is 11.1. The summed E-state index contributed by atoms with van der Waals surface area (Å²) >= 11 is 0. The van der Waals surface area contributed by atoms with E-state index in [1.54, 1.807) is 12.1 Å². The minimum absolute atomic E-state index is 0.0857. The van der Waals surface area contributed by atoms with E-state index in [1.807, 2.05) is 12.2 Å². The number of nitrogens with zero attached hydrogens (tertiary/aromatic N) is 1. The quantitative estimate of drug-likeness (QED) is 0.533. The molecular weight excluding hydrogens is 206 g/mol. The number of phenols is 1. The molecule has 0 fully saturated rings. The second kappa shape index (κ2) is 3.13. The van der Waals surface area contributed by atoms with E-state index in [-0.39, 0.29) is 5.75 Å². The lowest BCUT2D eigenvalue weighted by Gasteiger charge is -2.20. The second-order valence-corrected chi connectivity index (χ2v) is 3.64. The van der Waals surface area contributed by atoms with Gasteiger partial charge in [-0.05, 0) is 18.6 Å². The van der Waals surface area contributed by atoms with Crippen LogP contribution in [0.25, 0.3) is 0 Å². The van der Waals surface area contributed by atoms with Crippen molar-refractivity contribution in [2.24, 2.45) is 0 Å². The zero-order valence-electron chi connectivity index (χ0n) is 8.38. The van der Waals surface area contributed by atoms with Gasteiger partial charge in [0, 0.05) is 18.2 Å². The lowest BCUT2D eigenvalue weighted by atomic mass is 10.1. The zero-order valence-corrected chi connectivity index (χ0v) is 8.38. The third-order valence-electron chi connectivity index (χ3n) is 2.57. The summed E-state index contributed by atoms with van der Waals surface area (Å²) in [5, 5.41) is 21.3. The number of allylic oxidation sites excluding steroid dienone is 3. The standard InChI is InChI=1S/C12H9NO3/c14-8-5-6-10-12(7-8)16-11-4-2-1-3-9(11)13(10)15/h1,3-7,14H,2H2. The Morgan fingerprint density at radius 2 is 2.25 bits per heavy atom. The number of aromatic hydroxyl groups is 1. The Balaban J connectivity index is 2.24. The van der Waals surface area contributed by atoms with Gasteiger partial charge in [0.05, 0.1) is 0 Å². The highest BCUT2D eigenvalue weighted by Gasteiger charge is 2.28. The van der Waals surface area contributed by atoms with Crippen LogP contribution in [0.5, 0.6) is 11.5 Å². The first-order valence-corrected chi connectivity index (χ1v) is 4.98. The molecule has 0 radical (unpaired) electrons. The number of phenolic OH excluding ortho intramolecular Hbond substituents is 1. The van der Waals surface area contributed by atoms with Crippen LogP contribution in [-0.4, -0.2) is 15.6 Å². The fourth-order valence-corrected chi connectivity index (χ4v) is 1.80. The van der Waals surface area contributed by atoms with E-state index in [9.17, 15) is 10.3 Å². The number of rotatable bonds is 0. The number of fused-ring (bicyclic) bond motifs is 2. The first kappa shape index (κ1) is 9.03. The topological polar surface area (TPSA) is 55.5 Å². The van der Waals surface area contributed by atoms with Gasteiger partial charge >= 0.3 is 0 Å². The monoisotopic (exact) mass is 215 g/mol. The largest absolute Gasteiger partial charge is 0.618 e. The Hall–Kier alpha value is -2.23. The molecule has 16 heavy (non-hydrogen) atoms. The molecule has 4 nitrogen and oxygen atoms in total. The van der Waals surface area contributed by atoms with E-state index in [2.05, 4.69) is 0 Å². The van der Waals surface area contributed by atoms with E-state index in [4.69, 9.17) is 4.74 Å². The lowest BCUT2D eigenvalue weighted by Crippen LogP contribution is -2.22. The molecule has 1 aromatic carbocycles. The van der Waals surface area contributed by atoms with Crippen molar-refractivity contribution < 1.29 is 14.6 Å². The van der Waals surface area contributed by atoms with Crippen LogP contribution in [0.2, 0.25) is 0 Å². The van der Waals surface area contributed by atoms with Gasteiger partial charge in [0.2, 0.25) is 5.75 Å². The molecule has 4 heteroatoms. The van der Waals surface area contributed by atoms with Crippen molar-refractivity contribution in [3.8, 4) is 11.5 Å². The fourth-order valence-electron chi connectivity index (χ4n) is 1.80. The third kappa shape index (κ3) is 1.20. The van der Waals surface area contributed by atoms with Crippen molar-refractivity contribution in [2.45, 2.75) is 6.42 Å². The minimum Gasteiger partial charge on any atom is -0.618 e. The summed E-state index contributed by atoms with van der Waals surface area (Å²) in [6, 6.07) is 4.45. The van der Waals surface area contributed by atoms with Gasteiger partial charge in [-0.1, -0.05) is 6.08 Å². The highest BCUT2D eigenvalue weighted by Crippen LogP contribution is 2.36. The molecule has 1 N–H and O–H groups in total. The molecule has 3 rings (SSSR count). The molecule has 1 aliphatic heterocycles. The van der Waals surface area contributed by atoms with Crippen molar-refractivity contribution in [3.05, 3.63) is 47.4 Å². The first-order valence-electron chi connectivity index (χ1n) is 4.98. The summed E-state index contributed by atoms with van der Waals surface area (Å²) in [6.45, 7) is 0. The van der Waals surface area contributed by atoms with Gasteiger partial charge in [0.1, 0.15) is 5.75 Å². The summed E-state index contributed by atoms with van der Waals surface area (Å²) in [4.78, 5) is 0. The van der Waals surface area contributed by atoms with Crippen LogP contribution in [0, 0.1) is 5.21 Å². The average molecular weight is 215 g/mol. The minimum atomic E-state index is 0.0857. The number of ether oxygens (including phenoxy) is 1. The van der Waals surface area contributed by atoms with Crippen molar-refractivity contribution in [2.75, 3.05) is 0 Å². The molecule has 0 spiro atoms. The third-order valence-corrected chi connectivity index (χ3v) is 2.57. The van der Waals surface area contributed by atoms with Crippen LogP contribution < -0.4 is 4.74 Å². The molecule has 1 heterocycles. The van der Waals surface area contributed by atoms with Crippen LogP contribution in [0.4, 0.5) is 5.69 Å². The molecule has 0 aromatic heterocycles. The lowest BCUT2D eigenvalue weighted by molar-refractivity contribution is -0.364. The maximum Gasteiger partial charge on any atom is 0.260 e. The molecule has 0 bridgehead atoms. The van der Waals surface area contributed by atoms with Crippen LogP contribution in [0.3, 0.4) is 0 Å². The van der Waals surface area contributed by atoms with Crippen LogP contribution in [-0.2, 0) is 0 Å². The van der Waals surface area contributed by atoms with E-state index in [0.29, 0.717) is 22.9 Å². The summed E-state index contributed by atoms with van der Waals surface area (Å²) < 4.78 is 6.38. The van der Waals surface area contributed by atoms with Crippen molar-refractivity contribution in [1.29, 1.82) is 0 Å². The normalized spacial score (nSPS) is 17.4. The molecule has 1 aliphatic carbocycles. The summed E-state index contributed by atoms with van der Waals surface area (Å²) in [7, 11) is 0. The molecule has 0 atom stereocenters. The van der Waals surface area contributed by atoms with Gasteiger partial charge in [0.25, 0.3) is 11.4 Å². The average Bonchev–Trinajstić information content (AvgIpc) is 2.29. The molecule has 0 unspecified atom stereocenters. The van der Waals surface area contributed by atoms with Crippen LogP contribution in [0.15, 0.2) is 42.2 Å². The summed E-state index contributed by atoms with van der Waals surface area (Å²) in [6.07, 6.45) is 6.24. The van der Waals surface area contributed by atoms with Crippen molar-refractivity contribution in [3.63, 3.8) is 0 Å². The first-order chi connectivity index (χ1) is 7.75. The molecule has 0 saturated carbocycles. The summed E-state index contributed by atoms with van der Waals surface area (Å²) in [5.41, 5.74) is 0.918. The van der Waals surface area contributed by atoms with E-state index >= 15 is 0 Å². The highest BCUT2D eigenvalue weighted by atomic mass is 16.5. The number of hydrogen-bond donors (Lipinski definition) is 1. The molecule has 0 saturated heterocycles. The Morgan fingerprint density at radius 1 is 1.38 bits per heavy atom. The number of benzene rings is 1. The van der Waals surface area contributed by atoms with Gasteiger partial charge < -0.3 is 15.1 Å². The molecule has 80 valence electrons. The highest BCUT2D eigenvalue weighted by molar-refractivity contribution is 6.06. The van der Waals surface area contributed by atoms with Gasteiger partial charge in [0.15, 0.2) is 5.76 Å². The number of hydrogen-bond acceptors (Lipinski definition) is 3. The maximum atomic E-state index is 12.0. The molecule has 0 amide bonds. The van der Waals surface area contributed by atoms with E-state index < -0.39 is 0 Å². The van der Waals surface area contributed by atoms with Crippen molar-refractivity contribution >= 4 is 11.4 Å². The smallest absolute Gasteiger partial charge is 0.260 e. The van der Waals surface area contributed by atoms with Gasteiger partial charge in [-0.3, -0.25) is 0 Å². The van der Waals surface area contributed by atoms with Crippen LogP contribution in [0.1, 0.15) is 6.42 Å². The van der Waals surface area contributed by atoms with Crippen LogP contribution >= 0.6 is 0 Å². The van der Waals surface area contributed by atoms with Crippen molar-refractivity contribution in [1.82, 2.24) is 0 Å². The summed E-state index contributed by atoms with van der Waals surface area (Å²) in [5.74, 6) is 1.03. The molecular formula is C12H9NO3. The Kier molecular flexibility index (Phi) is 1.77. The fraction of sp³-hybridized carbons (Fsp3) is 0.0833. The molecule has 2 aliphatic rings. The van der Waals surface area contributed by atoms with Gasteiger partial charge in [-0.15, -0.1) is 0 Å². The van der Waals surface area contributed by atoms with E-state index in [0.717, 1.165) is 11.2 Å². The molecule has 1 aromatic rings. The van der Waals surface area contributed by atoms with Gasteiger partial charge in [-0.25, -0.2) is 0 Å². The Bertz CT molecular complexity index is 555.